The Morgan fingerprint density at radius 2 is 1.80 bits per heavy atom. The fourth-order valence-electron chi connectivity index (χ4n) is 3.84. The molecule has 0 saturated carbocycles. The summed E-state index contributed by atoms with van der Waals surface area (Å²) >= 11 is 3.27. The minimum Gasteiger partial charge on any atom is -0.488 e. The van der Waals surface area contributed by atoms with Gasteiger partial charge in [0.15, 0.2) is 0 Å². The Hall–Kier alpha value is -2.92. The van der Waals surface area contributed by atoms with E-state index in [1.54, 1.807) is 30.3 Å². The molecule has 1 N–H and O–H groups in total. The third kappa shape index (κ3) is 4.31. The fourth-order valence-corrected chi connectivity index (χ4v) is 4.17. The van der Waals surface area contributed by atoms with Gasteiger partial charge in [-0.05, 0) is 66.3 Å². The van der Waals surface area contributed by atoms with Crippen molar-refractivity contribution < 1.29 is 19.0 Å². The first-order valence-electron chi connectivity index (χ1n) is 9.75. The van der Waals surface area contributed by atoms with Crippen molar-refractivity contribution in [3.8, 4) is 5.75 Å². The molecule has 0 bridgehead atoms. The zero-order valence-electron chi connectivity index (χ0n) is 16.2. The van der Waals surface area contributed by atoms with Crippen LogP contribution >= 0.6 is 15.9 Å². The van der Waals surface area contributed by atoms with E-state index < -0.39 is 5.97 Å². The summed E-state index contributed by atoms with van der Waals surface area (Å²) in [5, 5.41) is 9.33. The van der Waals surface area contributed by atoms with Crippen LogP contribution in [0.3, 0.4) is 0 Å². The number of carbonyl (C=O) groups is 1. The van der Waals surface area contributed by atoms with Gasteiger partial charge in [0.25, 0.3) is 0 Å². The van der Waals surface area contributed by atoms with Crippen molar-refractivity contribution in [1.29, 1.82) is 0 Å². The van der Waals surface area contributed by atoms with E-state index in [9.17, 15) is 14.3 Å². The summed E-state index contributed by atoms with van der Waals surface area (Å²) in [6, 6.07) is 19.7. The molecule has 4 rings (SSSR count). The van der Waals surface area contributed by atoms with E-state index in [1.807, 2.05) is 30.3 Å². The molecule has 0 atom stereocenters. The van der Waals surface area contributed by atoms with Crippen LogP contribution in [-0.4, -0.2) is 11.1 Å². The highest BCUT2D eigenvalue weighted by atomic mass is 79.9. The third-order valence-corrected chi connectivity index (χ3v) is 5.78. The maximum absolute atomic E-state index is 14.2. The van der Waals surface area contributed by atoms with Crippen molar-refractivity contribution in [2.75, 3.05) is 0 Å². The van der Waals surface area contributed by atoms with E-state index in [2.05, 4.69) is 15.9 Å². The average molecular weight is 467 g/mol. The Bertz CT molecular complexity index is 1140. The number of rotatable bonds is 6. The van der Waals surface area contributed by atoms with Gasteiger partial charge in [0.2, 0.25) is 0 Å². The van der Waals surface area contributed by atoms with Gasteiger partial charge in [-0.25, -0.2) is 9.18 Å². The van der Waals surface area contributed by atoms with Gasteiger partial charge in [-0.3, -0.25) is 0 Å². The lowest BCUT2D eigenvalue weighted by atomic mass is 9.95. The molecule has 0 heterocycles. The number of allylic oxidation sites excluding steroid dienone is 2. The predicted molar refractivity (Wildman–Crippen MR) is 119 cm³/mol. The largest absolute Gasteiger partial charge is 0.488 e. The second-order valence-corrected chi connectivity index (χ2v) is 8.13. The molecular formula is C25H20BrFO3. The molecule has 0 unspecified atom stereocenters. The summed E-state index contributed by atoms with van der Waals surface area (Å²) in [7, 11) is 0. The molecule has 3 nitrogen and oxygen atoms in total. The van der Waals surface area contributed by atoms with Crippen LogP contribution < -0.4 is 4.74 Å². The minimum absolute atomic E-state index is 0.132. The van der Waals surface area contributed by atoms with Crippen molar-refractivity contribution in [3.63, 3.8) is 0 Å². The average Bonchev–Trinajstić information content (AvgIpc) is 3.23. The van der Waals surface area contributed by atoms with Crippen molar-refractivity contribution in [2.45, 2.75) is 25.9 Å². The Kier molecular flexibility index (Phi) is 6.00. The van der Waals surface area contributed by atoms with Crippen LogP contribution in [0.1, 0.15) is 46.3 Å². The lowest BCUT2D eigenvalue weighted by Crippen LogP contribution is -2.01. The first kappa shape index (κ1) is 20.4. The summed E-state index contributed by atoms with van der Waals surface area (Å²) in [6.45, 7) is 0.132. The van der Waals surface area contributed by atoms with E-state index in [-0.39, 0.29) is 18.0 Å². The molecule has 3 aromatic carbocycles. The fraction of sp³-hybridized carbons (Fsp3) is 0.160. The van der Waals surface area contributed by atoms with Gasteiger partial charge < -0.3 is 9.84 Å². The van der Waals surface area contributed by atoms with Gasteiger partial charge >= 0.3 is 5.97 Å². The molecule has 0 aliphatic heterocycles. The van der Waals surface area contributed by atoms with Crippen molar-refractivity contribution in [1.82, 2.24) is 0 Å². The van der Waals surface area contributed by atoms with Gasteiger partial charge in [-0.2, -0.15) is 0 Å². The highest BCUT2D eigenvalue weighted by Crippen LogP contribution is 2.43. The van der Waals surface area contributed by atoms with E-state index in [1.165, 1.54) is 6.07 Å². The second kappa shape index (κ2) is 8.84. The summed E-state index contributed by atoms with van der Waals surface area (Å²) in [6.07, 6.45) is 2.77. The van der Waals surface area contributed by atoms with Crippen molar-refractivity contribution in [3.05, 3.63) is 99.3 Å². The summed E-state index contributed by atoms with van der Waals surface area (Å²) in [5.74, 6) is -0.547. The summed E-state index contributed by atoms with van der Waals surface area (Å²) in [4.78, 5) is 11.4. The van der Waals surface area contributed by atoms with E-state index in [4.69, 9.17) is 4.74 Å². The molecule has 0 fully saturated rings. The molecule has 0 radical (unpaired) electrons. The maximum atomic E-state index is 14.2. The van der Waals surface area contributed by atoms with E-state index in [0.29, 0.717) is 15.8 Å². The summed E-state index contributed by atoms with van der Waals surface area (Å²) in [5.41, 5.74) is 4.97. The molecule has 3 aromatic rings. The van der Waals surface area contributed by atoms with Crippen molar-refractivity contribution >= 4 is 33.0 Å². The van der Waals surface area contributed by atoms with Crippen LogP contribution in [0.2, 0.25) is 0 Å². The minimum atomic E-state index is -0.933. The zero-order chi connectivity index (χ0) is 21.1. The highest BCUT2D eigenvalue weighted by Gasteiger charge is 2.21. The standard InChI is InChI=1S/C25H20BrFO3/c26-19-12-11-18(23(27)14-19)15-30-24-10-2-1-7-22(24)21-9-4-8-20(21)16-5-3-6-17(13-16)25(28)29/h1-3,5-7,10-14H,4,8-9,15H2,(H,28,29). The zero-order valence-corrected chi connectivity index (χ0v) is 17.8. The number of para-hydroxylation sites is 1. The molecule has 0 aromatic heterocycles. The number of hydrogen-bond acceptors (Lipinski definition) is 2. The van der Waals surface area contributed by atoms with Gasteiger partial charge in [0.1, 0.15) is 18.2 Å². The topological polar surface area (TPSA) is 46.5 Å². The van der Waals surface area contributed by atoms with Crippen LogP contribution in [0, 0.1) is 5.82 Å². The number of benzene rings is 3. The Labute approximate surface area is 183 Å². The van der Waals surface area contributed by atoms with E-state index >= 15 is 0 Å². The second-order valence-electron chi connectivity index (χ2n) is 7.22. The monoisotopic (exact) mass is 466 g/mol. The first-order chi connectivity index (χ1) is 14.5. The van der Waals surface area contributed by atoms with Crippen molar-refractivity contribution in [2.24, 2.45) is 0 Å². The number of carboxylic acids is 1. The molecule has 0 amide bonds. The van der Waals surface area contributed by atoms with E-state index in [0.717, 1.165) is 41.5 Å². The number of hydrogen-bond donors (Lipinski definition) is 1. The van der Waals surface area contributed by atoms with Gasteiger partial charge in [0.05, 0.1) is 5.56 Å². The van der Waals surface area contributed by atoms with Gasteiger partial charge in [-0.15, -0.1) is 0 Å². The quantitative estimate of drug-likeness (QED) is 0.426. The highest BCUT2D eigenvalue weighted by molar-refractivity contribution is 9.10. The molecule has 0 spiro atoms. The SMILES string of the molecule is O=C(O)c1cccc(C2=C(c3ccccc3OCc3ccc(Br)cc3F)CCC2)c1. The molecule has 5 heteroatoms. The Morgan fingerprint density at radius 1 is 1.00 bits per heavy atom. The molecule has 30 heavy (non-hydrogen) atoms. The lowest BCUT2D eigenvalue weighted by Gasteiger charge is -2.15. The molecular weight excluding hydrogens is 447 g/mol. The van der Waals surface area contributed by atoms with Crippen LogP contribution in [0.4, 0.5) is 4.39 Å². The number of carboxylic acid groups (broad SMARTS) is 1. The van der Waals surface area contributed by atoms with Crippen LogP contribution in [0.5, 0.6) is 5.75 Å². The van der Waals surface area contributed by atoms with Crippen LogP contribution in [-0.2, 0) is 6.61 Å². The molecule has 1 aliphatic carbocycles. The number of ether oxygens (including phenoxy) is 1. The molecule has 1 aliphatic rings. The number of aromatic carboxylic acids is 1. The van der Waals surface area contributed by atoms with Crippen LogP contribution in [0.25, 0.3) is 11.1 Å². The predicted octanol–water partition coefficient (Wildman–Crippen LogP) is 6.96. The number of halogens is 2. The Balaban J connectivity index is 1.67. The van der Waals surface area contributed by atoms with Gasteiger partial charge in [-0.1, -0.05) is 52.3 Å². The molecule has 152 valence electrons. The first-order valence-corrected chi connectivity index (χ1v) is 10.5. The maximum Gasteiger partial charge on any atom is 0.335 e. The third-order valence-electron chi connectivity index (χ3n) is 5.29. The van der Waals surface area contributed by atoms with Crippen LogP contribution in [0.15, 0.2) is 71.2 Å². The lowest BCUT2D eigenvalue weighted by molar-refractivity contribution is 0.0697. The molecule has 0 saturated heterocycles. The summed E-state index contributed by atoms with van der Waals surface area (Å²) < 4.78 is 20.9. The Morgan fingerprint density at radius 3 is 2.60 bits per heavy atom. The normalized spacial score (nSPS) is 13.5. The van der Waals surface area contributed by atoms with Gasteiger partial charge in [0, 0.05) is 15.6 Å². The smallest absolute Gasteiger partial charge is 0.335 e.